The molecule has 1 aliphatic carbocycles. The van der Waals surface area contributed by atoms with Gasteiger partial charge in [-0.3, -0.25) is 0 Å². The predicted octanol–water partition coefficient (Wildman–Crippen LogP) is 3.48. The van der Waals surface area contributed by atoms with Crippen LogP contribution in [0.5, 0.6) is 5.75 Å². The van der Waals surface area contributed by atoms with Gasteiger partial charge in [0.1, 0.15) is 5.75 Å². The van der Waals surface area contributed by atoms with E-state index in [1.807, 2.05) is 13.8 Å². The van der Waals surface area contributed by atoms with Gasteiger partial charge in [0.25, 0.3) is 0 Å². The lowest BCUT2D eigenvalue weighted by atomic mass is 9.75. The highest BCUT2D eigenvalue weighted by molar-refractivity contribution is 5.46. The third-order valence-corrected chi connectivity index (χ3v) is 4.23. The number of nitrogens with two attached hydrogens (primary N) is 1. The quantitative estimate of drug-likeness (QED) is 0.915. The van der Waals surface area contributed by atoms with Gasteiger partial charge in [0.15, 0.2) is 0 Å². The van der Waals surface area contributed by atoms with Crippen molar-refractivity contribution >= 4 is 0 Å². The molecular weight excluding hydrogens is 255 g/mol. The number of benzene rings is 1. The molecule has 0 heterocycles. The van der Waals surface area contributed by atoms with Crippen LogP contribution >= 0.6 is 0 Å². The second-order valence-electron chi connectivity index (χ2n) is 5.69. The summed E-state index contributed by atoms with van der Waals surface area (Å²) in [7, 11) is 1.46. The van der Waals surface area contributed by atoms with E-state index in [9.17, 15) is 13.2 Å². The molecule has 0 radical (unpaired) electrons. The van der Waals surface area contributed by atoms with Gasteiger partial charge in [0.2, 0.25) is 0 Å². The maximum atomic E-state index is 12.8. The molecule has 1 aliphatic rings. The zero-order valence-electron chi connectivity index (χ0n) is 11.3. The van der Waals surface area contributed by atoms with Crippen LogP contribution in [-0.4, -0.2) is 12.6 Å². The van der Waals surface area contributed by atoms with Gasteiger partial charge in [-0.15, -0.1) is 0 Å². The van der Waals surface area contributed by atoms with Gasteiger partial charge in [0, 0.05) is 16.5 Å². The summed E-state index contributed by atoms with van der Waals surface area (Å²) < 4.78 is 43.7. The molecule has 0 saturated heterocycles. The molecule has 1 aromatic carbocycles. The van der Waals surface area contributed by atoms with E-state index in [2.05, 4.69) is 0 Å². The Kier molecular flexibility index (Phi) is 3.08. The third-order valence-electron chi connectivity index (χ3n) is 4.23. The molecule has 1 fully saturated rings. The van der Waals surface area contributed by atoms with E-state index < -0.39 is 22.7 Å². The van der Waals surface area contributed by atoms with Crippen LogP contribution in [0, 0.1) is 0 Å². The molecule has 0 bridgehead atoms. The molecule has 2 rings (SSSR count). The van der Waals surface area contributed by atoms with Crippen LogP contribution in [-0.2, 0) is 11.6 Å². The first kappa shape index (κ1) is 14.2. The predicted molar refractivity (Wildman–Crippen MR) is 67.2 cm³/mol. The first-order valence-corrected chi connectivity index (χ1v) is 6.16. The van der Waals surface area contributed by atoms with Crippen LogP contribution in [0.4, 0.5) is 13.2 Å². The minimum absolute atomic E-state index is 0.440. The average molecular weight is 273 g/mol. The second-order valence-corrected chi connectivity index (χ2v) is 5.69. The number of ether oxygens (including phenoxy) is 1. The summed E-state index contributed by atoms with van der Waals surface area (Å²) in [5.41, 5.74) is 5.06. The normalized spacial score (nSPS) is 18.3. The summed E-state index contributed by atoms with van der Waals surface area (Å²) in [6, 6.07) is 3.56. The Morgan fingerprint density at radius 2 is 1.79 bits per heavy atom. The first-order chi connectivity index (χ1) is 8.62. The minimum Gasteiger partial charge on any atom is -0.496 e. The summed E-state index contributed by atoms with van der Waals surface area (Å²) in [6.45, 7) is 3.75. The van der Waals surface area contributed by atoms with E-state index in [-0.39, 0.29) is 0 Å². The van der Waals surface area contributed by atoms with Crippen molar-refractivity contribution in [1.82, 2.24) is 0 Å². The Labute approximate surface area is 110 Å². The molecule has 19 heavy (non-hydrogen) atoms. The van der Waals surface area contributed by atoms with E-state index in [0.29, 0.717) is 11.3 Å². The smallest absolute Gasteiger partial charge is 0.416 e. The Morgan fingerprint density at radius 3 is 2.21 bits per heavy atom. The molecule has 0 atom stereocenters. The summed E-state index contributed by atoms with van der Waals surface area (Å²) in [4.78, 5) is 0. The lowest BCUT2D eigenvalue weighted by Gasteiger charge is -2.34. The van der Waals surface area contributed by atoms with Gasteiger partial charge < -0.3 is 10.5 Å². The summed E-state index contributed by atoms with van der Waals surface area (Å²) in [5, 5.41) is 0. The van der Waals surface area contributed by atoms with Crippen molar-refractivity contribution in [2.24, 2.45) is 5.73 Å². The minimum atomic E-state index is -4.36. The SMILES string of the molecule is COc1ccc(C(F)(F)F)cc1C(C)(C)C1(N)CC1. The molecule has 106 valence electrons. The molecule has 0 amide bonds. The summed E-state index contributed by atoms with van der Waals surface area (Å²) >= 11 is 0. The molecule has 0 aliphatic heterocycles. The van der Waals surface area contributed by atoms with Crippen LogP contribution < -0.4 is 10.5 Å². The first-order valence-electron chi connectivity index (χ1n) is 6.16. The zero-order valence-corrected chi connectivity index (χ0v) is 11.3. The Bertz CT molecular complexity index is 490. The number of hydrogen-bond acceptors (Lipinski definition) is 2. The van der Waals surface area contributed by atoms with Crippen molar-refractivity contribution in [2.45, 2.75) is 43.8 Å². The molecule has 5 heteroatoms. The molecule has 0 unspecified atom stereocenters. The van der Waals surface area contributed by atoms with Crippen molar-refractivity contribution < 1.29 is 17.9 Å². The number of hydrogen-bond donors (Lipinski definition) is 1. The van der Waals surface area contributed by atoms with Crippen molar-refractivity contribution in [1.29, 1.82) is 0 Å². The fraction of sp³-hybridized carbons (Fsp3) is 0.571. The Hall–Kier alpha value is -1.23. The largest absolute Gasteiger partial charge is 0.496 e. The molecule has 1 aromatic rings. The van der Waals surface area contributed by atoms with Gasteiger partial charge in [-0.25, -0.2) is 0 Å². The van der Waals surface area contributed by atoms with Gasteiger partial charge in [0.05, 0.1) is 12.7 Å². The van der Waals surface area contributed by atoms with E-state index in [1.54, 1.807) is 0 Å². The lowest BCUT2D eigenvalue weighted by molar-refractivity contribution is -0.137. The van der Waals surface area contributed by atoms with Crippen LogP contribution in [0.1, 0.15) is 37.8 Å². The molecular formula is C14H18F3NO. The monoisotopic (exact) mass is 273 g/mol. The van der Waals surface area contributed by atoms with Crippen molar-refractivity contribution in [3.8, 4) is 5.75 Å². The molecule has 2 nitrogen and oxygen atoms in total. The standard InChI is InChI=1S/C14H18F3NO/c1-12(2,13(18)6-7-13)10-8-9(14(15,16)17)4-5-11(10)19-3/h4-5,8H,6-7,18H2,1-3H3. The number of halogens is 3. The van der Waals surface area contributed by atoms with Crippen LogP contribution in [0.25, 0.3) is 0 Å². The Morgan fingerprint density at radius 1 is 1.21 bits per heavy atom. The highest BCUT2D eigenvalue weighted by Gasteiger charge is 2.53. The van der Waals surface area contributed by atoms with Gasteiger partial charge in [-0.05, 0) is 31.0 Å². The zero-order chi connectivity index (χ0) is 14.5. The van der Waals surface area contributed by atoms with E-state index in [0.717, 1.165) is 25.0 Å². The van der Waals surface area contributed by atoms with E-state index >= 15 is 0 Å². The molecule has 0 spiro atoms. The van der Waals surface area contributed by atoms with Gasteiger partial charge in [-0.1, -0.05) is 13.8 Å². The second kappa shape index (κ2) is 4.13. The van der Waals surface area contributed by atoms with E-state index in [4.69, 9.17) is 10.5 Å². The van der Waals surface area contributed by atoms with Crippen LogP contribution in [0.3, 0.4) is 0 Å². The number of methoxy groups -OCH3 is 1. The fourth-order valence-corrected chi connectivity index (χ4v) is 2.40. The summed E-state index contributed by atoms with van der Waals surface area (Å²) in [5.74, 6) is 0.453. The maximum Gasteiger partial charge on any atom is 0.416 e. The van der Waals surface area contributed by atoms with Gasteiger partial charge >= 0.3 is 6.18 Å². The topological polar surface area (TPSA) is 35.2 Å². The average Bonchev–Trinajstić information content (AvgIpc) is 3.07. The third kappa shape index (κ3) is 2.31. The van der Waals surface area contributed by atoms with E-state index in [1.165, 1.54) is 13.2 Å². The summed E-state index contributed by atoms with van der Waals surface area (Å²) in [6.07, 6.45) is -2.72. The van der Waals surface area contributed by atoms with Crippen LogP contribution in [0.15, 0.2) is 18.2 Å². The number of rotatable bonds is 3. The Balaban J connectivity index is 2.54. The maximum absolute atomic E-state index is 12.8. The van der Waals surface area contributed by atoms with Gasteiger partial charge in [-0.2, -0.15) is 13.2 Å². The molecule has 2 N–H and O–H groups in total. The fourth-order valence-electron chi connectivity index (χ4n) is 2.40. The number of alkyl halides is 3. The van der Waals surface area contributed by atoms with Crippen LogP contribution in [0.2, 0.25) is 0 Å². The molecule has 1 saturated carbocycles. The van der Waals surface area contributed by atoms with Crippen molar-refractivity contribution in [3.05, 3.63) is 29.3 Å². The van der Waals surface area contributed by atoms with Crippen molar-refractivity contribution in [3.63, 3.8) is 0 Å². The lowest BCUT2D eigenvalue weighted by Crippen LogP contribution is -2.43. The highest BCUT2D eigenvalue weighted by atomic mass is 19.4. The highest BCUT2D eigenvalue weighted by Crippen LogP contribution is 2.51. The molecule has 0 aromatic heterocycles. The van der Waals surface area contributed by atoms with Crippen molar-refractivity contribution in [2.75, 3.05) is 7.11 Å².